The van der Waals surface area contributed by atoms with Crippen LogP contribution in [0, 0.1) is 0 Å². The van der Waals surface area contributed by atoms with E-state index in [9.17, 15) is 4.79 Å². The van der Waals surface area contributed by atoms with E-state index in [0.717, 1.165) is 0 Å². The highest BCUT2D eigenvalue weighted by Gasteiger charge is 2.13. The first kappa shape index (κ1) is 12.9. The monoisotopic (exact) mass is 260 g/mol. The number of aryl methyl sites for hydroxylation is 1. The number of carbonyl (C=O) groups excluding carboxylic acids is 1. The predicted molar refractivity (Wildman–Crippen MR) is 72.1 cm³/mol. The van der Waals surface area contributed by atoms with Crippen molar-refractivity contribution in [3.8, 4) is 11.5 Å². The third kappa shape index (κ3) is 3.04. The van der Waals surface area contributed by atoms with Gasteiger partial charge in [0.15, 0.2) is 5.75 Å². The quantitative estimate of drug-likeness (QED) is 0.817. The summed E-state index contributed by atoms with van der Waals surface area (Å²) >= 11 is 0. The van der Waals surface area contributed by atoms with Crippen LogP contribution in [0.2, 0.25) is 0 Å². The SMILES string of the molecule is CCNC(=O)c1ccc(N)cc1Oc1cnn(C)c1. The second kappa shape index (κ2) is 5.43. The molecular formula is C13H16N4O2. The number of hydrogen-bond acceptors (Lipinski definition) is 4. The summed E-state index contributed by atoms with van der Waals surface area (Å²) in [6.07, 6.45) is 3.29. The van der Waals surface area contributed by atoms with Gasteiger partial charge in [-0.05, 0) is 19.1 Å². The lowest BCUT2D eigenvalue weighted by atomic mass is 10.1. The largest absolute Gasteiger partial charge is 0.453 e. The first-order valence-corrected chi connectivity index (χ1v) is 5.94. The molecule has 0 radical (unpaired) electrons. The number of nitrogens with two attached hydrogens (primary N) is 1. The van der Waals surface area contributed by atoms with Crippen LogP contribution in [0.3, 0.4) is 0 Å². The van der Waals surface area contributed by atoms with Gasteiger partial charge in [-0.2, -0.15) is 5.10 Å². The van der Waals surface area contributed by atoms with Crippen molar-refractivity contribution in [1.82, 2.24) is 15.1 Å². The number of hydrogen-bond donors (Lipinski definition) is 2. The Hall–Kier alpha value is -2.50. The number of nitrogens with zero attached hydrogens (tertiary/aromatic N) is 2. The third-order valence-electron chi connectivity index (χ3n) is 2.50. The van der Waals surface area contributed by atoms with Crippen LogP contribution in [0.25, 0.3) is 0 Å². The van der Waals surface area contributed by atoms with Gasteiger partial charge in [0.25, 0.3) is 5.91 Å². The Morgan fingerprint density at radius 3 is 2.95 bits per heavy atom. The summed E-state index contributed by atoms with van der Waals surface area (Å²) in [5, 5.41) is 6.74. The van der Waals surface area contributed by atoms with Crippen molar-refractivity contribution >= 4 is 11.6 Å². The number of amides is 1. The second-order valence-electron chi connectivity index (χ2n) is 4.07. The average Bonchev–Trinajstić information content (AvgIpc) is 2.75. The molecule has 0 fully saturated rings. The fraction of sp³-hybridized carbons (Fsp3) is 0.231. The molecular weight excluding hydrogens is 244 g/mol. The molecule has 1 heterocycles. The van der Waals surface area contributed by atoms with Gasteiger partial charge in [0.05, 0.1) is 18.0 Å². The van der Waals surface area contributed by atoms with Gasteiger partial charge in [0.2, 0.25) is 0 Å². The van der Waals surface area contributed by atoms with E-state index >= 15 is 0 Å². The Morgan fingerprint density at radius 1 is 1.53 bits per heavy atom. The summed E-state index contributed by atoms with van der Waals surface area (Å²) in [7, 11) is 1.79. The Kier molecular flexibility index (Phi) is 3.70. The van der Waals surface area contributed by atoms with Crippen LogP contribution >= 0.6 is 0 Å². The number of nitrogen functional groups attached to an aromatic ring is 1. The molecule has 0 atom stereocenters. The normalized spacial score (nSPS) is 10.2. The maximum absolute atomic E-state index is 11.9. The fourth-order valence-corrected chi connectivity index (χ4v) is 1.65. The minimum Gasteiger partial charge on any atom is -0.453 e. The minimum absolute atomic E-state index is 0.193. The maximum Gasteiger partial charge on any atom is 0.255 e. The predicted octanol–water partition coefficient (Wildman–Crippen LogP) is 1.54. The molecule has 0 saturated carbocycles. The Bertz CT molecular complexity index is 592. The first-order chi connectivity index (χ1) is 9.10. The van der Waals surface area contributed by atoms with E-state index in [0.29, 0.717) is 29.3 Å². The van der Waals surface area contributed by atoms with E-state index in [-0.39, 0.29) is 5.91 Å². The number of ether oxygens (including phenoxy) is 1. The van der Waals surface area contributed by atoms with Crippen molar-refractivity contribution in [1.29, 1.82) is 0 Å². The zero-order valence-corrected chi connectivity index (χ0v) is 10.9. The molecule has 3 N–H and O–H groups in total. The van der Waals surface area contributed by atoms with Crippen LogP contribution in [-0.2, 0) is 7.05 Å². The van der Waals surface area contributed by atoms with E-state index in [1.54, 1.807) is 42.3 Å². The Balaban J connectivity index is 2.31. The summed E-state index contributed by atoms with van der Waals surface area (Å²) in [5.41, 5.74) is 6.71. The van der Waals surface area contributed by atoms with E-state index in [2.05, 4.69) is 10.4 Å². The fourth-order valence-electron chi connectivity index (χ4n) is 1.65. The number of benzene rings is 1. The molecule has 6 heteroatoms. The van der Waals surface area contributed by atoms with E-state index in [4.69, 9.17) is 10.5 Å². The van der Waals surface area contributed by atoms with Crippen LogP contribution < -0.4 is 15.8 Å². The summed E-state index contributed by atoms with van der Waals surface area (Å²) < 4.78 is 7.27. The maximum atomic E-state index is 11.9. The molecule has 2 aromatic rings. The molecule has 1 amide bonds. The molecule has 19 heavy (non-hydrogen) atoms. The van der Waals surface area contributed by atoms with Gasteiger partial charge in [0, 0.05) is 25.3 Å². The topological polar surface area (TPSA) is 82.2 Å². The highest BCUT2D eigenvalue weighted by atomic mass is 16.5. The molecule has 0 aliphatic carbocycles. The molecule has 0 saturated heterocycles. The molecule has 0 unspecified atom stereocenters. The van der Waals surface area contributed by atoms with Gasteiger partial charge < -0.3 is 15.8 Å². The highest BCUT2D eigenvalue weighted by Crippen LogP contribution is 2.27. The number of carbonyl (C=O) groups is 1. The van der Waals surface area contributed by atoms with E-state index in [1.165, 1.54) is 0 Å². The smallest absolute Gasteiger partial charge is 0.255 e. The number of nitrogens with one attached hydrogen (secondary N) is 1. The van der Waals surface area contributed by atoms with Crippen LogP contribution in [0.15, 0.2) is 30.6 Å². The standard InChI is InChI=1S/C13H16N4O2/c1-3-15-13(18)11-5-4-9(14)6-12(11)19-10-7-16-17(2)8-10/h4-8H,3,14H2,1-2H3,(H,15,18). The van der Waals surface area contributed by atoms with Crippen molar-refractivity contribution in [3.05, 3.63) is 36.2 Å². The van der Waals surface area contributed by atoms with Crippen molar-refractivity contribution in [2.75, 3.05) is 12.3 Å². The van der Waals surface area contributed by atoms with Crippen LogP contribution in [-0.4, -0.2) is 22.2 Å². The average molecular weight is 260 g/mol. The zero-order valence-electron chi connectivity index (χ0n) is 10.9. The van der Waals surface area contributed by atoms with Gasteiger partial charge in [-0.1, -0.05) is 0 Å². The molecule has 1 aromatic heterocycles. The van der Waals surface area contributed by atoms with Crippen molar-refractivity contribution in [3.63, 3.8) is 0 Å². The van der Waals surface area contributed by atoms with Crippen LogP contribution in [0.4, 0.5) is 5.69 Å². The lowest BCUT2D eigenvalue weighted by Gasteiger charge is -2.10. The second-order valence-corrected chi connectivity index (χ2v) is 4.07. The molecule has 0 spiro atoms. The Morgan fingerprint density at radius 2 is 2.32 bits per heavy atom. The Labute approximate surface area is 111 Å². The van der Waals surface area contributed by atoms with Gasteiger partial charge in [0.1, 0.15) is 5.75 Å². The first-order valence-electron chi connectivity index (χ1n) is 5.94. The number of rotatable bonds is 4. The number of aromatic nitrogens is 2. The summed E-state index contributed by atoms with van der Waals surface area (Å²) in [6, 6.07) is 4.93. The lowest BCUT2D eigenvalue weighted by molar-refractivity contribution is 0.0953. The molecule has 6 nitrogen and oxygen atoms in total. The minimum atomic E-state index is -0.193. The molecule has 0 aliphatic heterocycles. The van der Waals surface area contributed by atoms with Gasteiger partial charge >= 0.3 is 0 Å². The van der Waals surface area contributed by atoms with Gasteiger partial charge in [-0.3, -0.25) is 9.48 Å². The summed E-state index contributed by atoms with van der Waals surface area (Å²) in [6.45, 7) is 2.41. The van der Waals surface area contributed by atoms with Crippen molar-refractivity contribution in [2.24, 2.45) is 7.05 Å². The van der Waals surface area contributed by atoms with Crippen molar-refractivity contribution in [2.45, 2.75) is 6.92 Å². The summed E-state index contributed by atoms with van der Waals surface area (Å²) in [5.74, 6) is 0.777. The molecule has 0 bridgehead atoms. The number of anilines is 1. The molecule has 100 valence electrons. The van der Waals surface area contributed by atoms with Crippen LogP contribution in [0.1, 0.15) is 17.3 Å². The van der Waals surface area contributed by atoms with E-state index < -0.39 is 0 Å². The highest BCUT2D eigenvalue weighted by molar-refractivity contribution is 5.97. The van der Waals surface area contributed by atoms with Gasteiger partial charge in [-0.15, -0.1) is 0 Å². The lowest BCUT2D eigenvalue weighted by Crippen LogP contribution is -2.23. The molecule has 2 rings (SSSR count). The third-order valence-corrected chi connectivity index (χ3v) is 2.50. The van der Waals surface area contributed by atoms with Gasteiger partial charge in [-0.25, -0.2) is 0 Å². The zero-order chi connectivity index (χ0) is 13.8. The molecule has 1 aromatic carbocycles. The van der Waals surface area contributed by atoms with Crippen LogP contribution in [0.5, 0.6) is 11.5 Å². The summed E-state index contributed by atoms with van der Waals surface area (Å²) in [4.78, 5) is 11.9. The van der Waals surface area contributed by atoms with Crippen molar-refractivity contribution < 1.29 is 9.53 Å². The molecule has 0 aliphatic rings. The van der Waals surface area contributed by atoms with E-state index in [1.807, 2.05) is 6.92 Å².